The number of carbonyl (C=O) groups is 1. The molecule has 23 heavy (non-hydrogen) atoms. The van der Waals surface area contributed by atoms with Gasteiger partial charge in [0.2, 0.25) is 0 Å². The Morgan fingerprint density at radius 2 is 1.70 bits per heavy atom. The Labute approximate surface area is 143 Å². The summed E-state index contributed by atoms with van der Waals surface area (Å²) in [5.41, 5.74) is 8.77. The fraction of sp³-hybridized carbons (Fsp3) is 0.278. The maximum absolute atomic E-state index is 12.3. The number of anilines is 2. The largest absolute Gasteiger partial charge is 0.497 e. The summed E-state index contributed by atoms with van der Waals surface area (Å²) in [5.74, 6) is 0.452. The fourth-order valence-corrected chi connectivity index (χ4v) is 2.09. The molecular weight excluding hydrogens is 312 g/mol. The molecule has 0 bridgehead atoms. The third kappa shape index (κ3) is 4.63. The maximum Gasteiger partial charge on any atom is 0.255 e. The van der Waals surface area contributed by atoms with Crippen LogP contribution in [0.15, 0.2) is 42.5 Å². The third-order valence-corrected chi connectivity index (χ3v) is 3.52. The molecule has 5 heteroatoms. The molecule has 0 aliphatic rings. The second-order valence-corrected chi connectivity index (χ2v) is 6.23. The second kappa shape index (κ2) is 7.38. The average molecular weight is 335 g/mol. The lowest BCUT2D eigenvalue weighted by Crippen LogP contribution is -2.15. The smallest absolute Gasteiger partial charge is 0.255 e. The molecule has 0 saturated carbocycles. The van der Waals surface area contributed by atoms with E-state index in [9.17, 15) is 4.79 Å². The number of benzene rings is 2. The Bertz CT molecular complexity index is 676. The highest BCUT2D eigenvalue weighted by molar-refractivity contribution is 6.05. The van der Waals surface area contributed by atoms with Crippen LogP contribution in [0.1, 0.15) is 36.7 Å². The number of amides is 1. The normalized spacial score (nSPS) is 10.6. The Kier molecular flexibility index (Phi) is 6.05. The molecule has 4 nitrogen and oxygen atoms in total. The number of hydrogen-bond acceptors (Lipinski definition) is 3. The molecule has 0 atom stereocenters. The molecular formula is C18H23ClN2O2. The Hall–Kier alpha value is -2.20. The van der Waals surface area contributed by atoms with Crippen LogP contribution in [-0.2, 0) is 5.41 Å². The van der Waals surface area contributed by atoms with E-state index in [1.54, 1.807) is 25.3 Å². The van der Waals surface area contributed by atoms with E-state index >= 15 is 0 Å². The number of rotatable bonds is 3. The highest BCUT2D eigenvalue weighted by atomic mass is 35.5. The molecule has 0 spiro atoms. The van der Waals surface area contributed by atoms with E-state index in [0.717, 1.165) is 0 Å². The summed E-state index contributed by atoms with van der Waals surface area (Å²) in [6, 6.07) is 12.8. The molecule has 0 saturated heterocycles. The van der Waals surface area contributed by atoms with Crippen molar-refractivity contribution in [1.82, 2.24) is 0 Å². The Morgan fingerprint density at radius 3 is 2.22 bits per heavy atom. The lowest BCUT2D eigenvalue weighted by atomic mass is 9.87. The number of nitrogen functional groups attached to an aromatic ring is 1. The number of nitrogens with one attached hydrogen (secondary N) is 1. The Balaban J connectivity index is 0.00000264. The van der Waals surface area contributed by atoms with Gasteiger partial charge in [0, 0.05) is 11.6 Å². The van der Waals surface area contributed by atoms with E-state index in [-0.39, 0.29) is 23.7 Å². The average Bonchev–Trinajstić information content (AvgIpc) is 2.48. The number of ether oxygens (including phenoxy) is 1. The first-order valence-electron chi connectivity index (χ1n) is 7.16. The van der Waals surface area contributed by atoms with Crippen LogP contribution >= 0.6 is 12.4 Å². The standard InChI is InChI=1S/C18H22N2O2.ClH/c1-18(2,3)13-7-5-12(6-8-13)17(21)20-16-11-14(22-4)9-10-15(16)19;/h5-11H,19H2,1-4H3,(H,20,21);1H. The summed E-state index contributed by atoms with van der Waals surface area (Å²) < 4.78 is 5.14. The lowest BCUT2D eigenvalue weighted by Gasteiger charge is -2.19. The number of halogens is 1. The number of hydrogen-bond donors (Lipinski definition) is 2. The van der Waals surface area contributed by atoms with Gasteiger partial charge in [-0.15, -0.1) is 12.4 Å². The van der Waals surface area contributed by atoms with Crippen molar-refractivity contribution in [2.24, 2.45) is 0 Å². The molecule has 0 fully saturated rings. The van der Waals surface area contributed by atoms with Crippen LogP contribution in [0.2, 0.25) is 0 Å². The van der Waals surface area contributed by atoms with Gasteiger partial charge >= 0.3 is 0 Å². The van der Waals surface area contributed by atoms with Gasteiger partial charge < -0.3 is 15.8 Å². The summed E-state index contributed by atoms with van der Waals surface area (Å²) in [4.78, 5) is 12.3. The van der Waals surface area contributed by atoms with E-state index in [0.29, 0.717) is 22.7 Å². The first-order valence-corrected chi connectivity index (χ1v) is 7.16. The first-order chi connectivity index (χ1) is 10.3. The zero-order valence-electron chi connectivity index (χ0n) is 13.8. The van der Waals surface area contributed by atoms with Crippen molar-refractivity contribution >= 4 is 29.7 Å². The van der Waals surface area contributed by atoms with Gasteiger partial charge in [-0.2, -0.15) is 0 Å². The van der Waals surface area contributed by atoms with Gasteiger partial charge in [0.15, 0.2) is 0 Å². The summed E-state index contributed by atoms with van der Waals surface area (Å²) in [6.07, 6.45) is 0. The summed E-state index contributed by atoms with van der Waals surface area (Å²) in [6.45, 7) is 6.41. The van der Waals surface area contributed by atoms with Gasteiger partial charge in [-0.25, -0.2) is 0 Å². The number of methoxy groups -OCH3 is 1. The molecule has 0 aromatic heterocycles. The van der Waals surface area contributed by atoms with Gasteiger partial charge in [-0.05, 0) is 35.2 Å². The lowest BCUT2D eigenvalue weighted by molar-refractivity contribution is 0.102. The summed E-state index contributed by atoms with van der Waals surface area (Å²) in [7, 11) is 1.57. The quantitative estimate of drug-likeness (QED) is 0.825. The van der Waals surface area contributed by atoms with Crippen LogP contribution in [0, 0.1) is 0 Å². The Morgan fingerprint density at radius 1 is 1.09 bits per heavy atom. The molecule has 0 aliphatic heterocycles. The van der Waals surface area contributed by atoms with Crippen LogP contribution < -0.4 is 15.8 Å². The molecule has 3 N–H and O–H groups in total. The van der Waals surface area contributed by atoms with E-state index < -0.39 is 0 Å². The van der Waals surface area contributed by atoms with Crippen LogP contribution in [0.3, 0.4) is 0 Å². The minimum atomic E-state index is -0.194. The number of nitrogens with two attached hydrogens (primary N) is 1. The minimum Gasteiger partial charge on any atom is -0.497 e. The fourth-order valence-electron chi connectivity index (χ4n) is 2.09. The molecule has 0 radical (unpaired) electrons. The molecule has 0 heterocycles. The van der Waals surface area contributed by atoms with Gasteiger partial charge in [0.1, 0.15) is 5.75 Å². The van der Waals surface area contributed by atoms with Gasteiger partial charge in [0.05, 0.1) is 18.5 Å². The molecule has 0 unspecified atom stereocenters. The highest BCUT2D eigenvalue weighted by Crippen LogP contribution is 2.26. The van der Waals surface area contributed by atoms with E-state index in [2.05, 4.69) is 26.1 Å². The molecule has 0 aliphatic carbocycles. The molecule has 1 amide bonds. The van der Waals surface area contributed by atoms with Gasteiger partial charge in [-0.1, -0.05) is 32.9 Å². The maximum atomic E-state index is 12.3. The van der Waals surface area contributed by atoms with Crippen molar-refractivity contribution < 1.29 is 9.53 Å². The molecule has 2 rings (SSSR count). The monoisotopic (exact) mass is 334 g/mol. The highest BCUT2D eigenvalue weighted by Gasteiger charge is 2.15. The van der Waals surface area contributed by atoms with Crippen LogP contribution in [0.4, 0.5) is 11.4 Å². The summed E-state index contributed by atoms with van der Waals surface area (Å²) >= 11 is 0. The van der Waals surface area contributed by atoms with E-state index in [4.69, 9.17) is 10.5 Å². The van der Waals surface area contributed by atoms with E-state index in [1.807, 2.05) is 24.3 Å². The predicted molar refractivity (Wildman–Crippen MR) is 97.7 cm³/mol. The topological polar surface area (TPSA) is 64.3 Å². The van der Waals surface area contributed by atoms with Crippen molar-refractivity contribution in [2.45, 2.75) is 26.2 Å². The molecule has 2 aromatic rings. The number of carbonyl (C=O) groups excluding carboxylic acids is 1. The molecule has 2 aromatic carbocycles. The van der Waals surface area contributed by atoms with Crippen molar-refractivity contribution in [3.63, 3.8) is 0 Å². The zero-order valence-corrected chi connectivity index (χ0v) is 14.7. The second-order valence-electron chi connectivity index (χ2n) is 6.23. The van der Waals surface area contributed by atoms with Crippen LogP contribution in [-0.4, -0.2) is 13.0 Å². The van der Waals surface area contributed by atoms with Crippen molar-refractivity contribution in [3.05, 3.63) is 53.6 Å². The van der Waals surface area contributed by atoms with E-state index in [1.165, 1.54) is 5.56 Å². The first kappa shape index (κ1) is 18.8. The minimum absolute atomic E-state index is 0. The van der Waals surface area contributed by atoms with Gasteiger partial charge in [0.25, 0.3) is 5.91 Å². The van der Waals surface area contributed by atoms with Crippen molar-refractivity contribution in [2.75, 3.05) is 18.2 Å². The molecule has 124 valence electrons. The predicted octanol–water partition coefficient (Wildman–Crippen LogP) is 4.25. The summed E-state index contributed by atoms with van der Waals surface area (Å²) in [5, 5.41) is 2.82. The SMILES string of the molecule is COc1ccc(N)c(NC(=O)c2ccc(C(C)(C)C)cc2)c1.Cl. The van der Waals surface area contributed by atoms with Crippen molar-refractivity contribution in [1.29, 1.82) is 0 Å². The van der Waals surface area contributed by atoms with Crippen LogP contribution in [0.5, 0.6) is 5.75 Å². The van der Waals surface area contributed by atoms with Crippen molar-refractivity contribution in [3.8, 4) is 5.75 Å². The van der Waals surface area contributed by atoms with Gasteiger partial charge in [-0.3, -0.25) is 4.79 Å². The van der Waals surface area contributed by atoms with Crippen LogP contribution in [0.25, 0.3) is 0 Å². The zero-order chi connectivity index (χ0) is 16.3. The third-order valence-electron chi connectivity index (χ3n) is 3.52.